The molecule has 0 aliphatic heterocycles. The van der Waals surface area contributed by atoms with Crippen molar-refractivity contribution in [3.63, 3.8) is 0 Å². The Kier molecular flexibility index (Phi) is 8.80. The fourth-order valence-corrected chi connectivity index (χ4v) is 5.07. The third-order valence-corrected chi connectivity index (χ3v) is 7.06. The summed E-state index contributed by atoms with van der Waals surface area (Å²) in [5.41, 5.74) is 5.49. The van der Waals surface area contributed by atoms with E-state index in [9.17, 15) is 9.59 Å². The highest BCUT2D eigenvalue weighted by atomic mass is 16.2. The summed E-state index contributed by atoms with van der Waals surface area (Å²) in [6.07, 6.45) is 0.556. The van der Waals surface area contributed by atoms with Crippen molar-refractivity contribution in [1.29, 1.82) is 0 Å². The zero-order valence-electron chi connectivity index (χ0n) is 22.2. The van der Waals surface area contributed by atoms with Crippen LogP contribution in [0.1, 0.15) is 46.9 Å². The number of carbonyl (C=O) groups excluding carboxylic acids is 2. The molecule has 0 saturated carbocycles. The Labute approximate surface area is 235 Å². The molecule has 0 aromatic heterocycles. The highest BCUT2D eigenvalue weighted by molar-refractivity contribution is 6.00. The molecule has 0 atom stereocenters. The largest absolute Gasteiger partial charge is 0.324 e. The molecule has 0 heterocycles. The number of hydrogen-bond acceptors (Lipinski definition) is 2. The van der Waals surface area contributed by atoms with Crippen molar-refractivity contribution in [3.8, 4) is 0 Å². The smallest absolute Gasteiger partial charge is 0.225 e. The molecule has 0 fully saturated rings. The summed E-state index contributed by atoms with van der Waals surface area (Å²) in [7, 11) is 0. The van der Waals surface area contributed by atoms with Gasteiger partial charge in [-0.15, -0.1) is 0 Å². The molecule has 0 aliphatic carbocycles. The van der Waals surface area contributed by atoms with E-state index in [1.807, 2.05) is 97.1 Å². The number of anilines is 2. The molecule has 198 valence electrons. The molecule has 5 aromatic carbocycles. The lowest BCUT2D eigenvalue weighted by Gasteiger charge is -2.20. The van der Waals surface area contributed by atoms with E-state index >= 15 is 0 Å². The van der Waals surface area contributed by atoms with E-state index in [0.29, 0.717) is 11.4 Å². The van der Waals surface area contributed by atoms with Gasteiger partial charge in [0.05, 0.1) is 11.4 Å². The molecule has 40 heavy (non-hydrogen) atoms. The molecule has 5 rings (SSSR count). The number of rotatable bonds is 10. The van der Waals surface area contributed by atoms with Crippen LogP contribution in [0.4, 0.5) is 11.4 Å². The molecule has 0 saturated heterocycles. The summed E-state index contributed by atoms with van der Waals surface area (Å²) >= 11 is 0. The van der Waals surface area contributed by atoms with Crippen molar-refractivity contribution in [3.05, 3.63) is 168 Å². The average Bonchev–Trinajstić information content (AvgIpc) is 3.01. The summed E-state index contributed by atoms with van der Waals surface area (Å²) in [5.74, 6) is -0.403. The normalized spacial score (nSPS) is 10.8. The van der Waals surface area contributed by atoms with Gasteiger partial charge in [-0.1, -0.05) is 133 Å². The van der Waals surface area contributed by atoms with Gasteiger partial charge in [0, 0.05) is 24.7 Å². The van der Waals surface area contributed by atoms with E-state index in [-0.39, 0.29) is 36.5 Å². The Morgan fingerprint density at radius 1 is 0.400 bits per heavy atom. The third-order valence-electron chi connectivity index (χ3n) is 7.06. The van der Waals surface area contributed by atoms with Crippen LogP contribution in [0, 0.1) is 0 Å². The number of para-hydroxylation sites is 2. The van der Waals surface area contributed by atoms with Crippen LogP contribution in [0.15, 0.2) is 146 Å². The van der Waals surface area contributed by atoms with Crippen LogP contribution in [0.5, 0.6) is 0 Å². The van der Waals surface area contributed by atoms with Gasteiger partial charge in [0.15, 0.2) is 0 Å². The molecule has 2 amide bonds. The van der Waals surface area contributed by atoms with Crippen LogP contribution in [-0.4, -0.2) is 11.8 Å². The number of amides is 2. The first-order valence-corrected chi connectivity index (χ1v) is 13.6. The molecule has 0 spiro atoms. The summed E-state index contributed by atoms with van der Waals surface area (Å²) in [6, 6.07) is 47.6. The van der Waals surface area contributed by atoms with Crippen molar-refractivity contribution in [2.24, 2.45) is 0 Å². The SMILES string of the molecule is O=C(CC(c1ccccc1)c1ccccc1)Nc1ccccc1NC(=O)CC(c1ccccc1)c1ccccc1. The van der Waals surface area contributed by atoms with Crippen LogP contribution in [0.3, 0.4) is 0 Å². The minimum atomic E-state index is -0.120. The van der Waals surface area contributed by atoms with Crippen molar-refractivity contribution < 1.29 is 9.59 Å². The quantitative estimate of drug-likeness (QED) is 0.194. The Bertz CT molecular complexity index is 1320. The third kappa shape index (κ3) is 6.91. The van der Waals surface area contributed by atoms with E-state index < -0.39 is 0 Å². The second-order valence-electron chi connectivity index (χ2n) is 9.80. The first kappa shape index (κ1) is 26.6. The minimum absolute atomic E-state index is 0.0818. The lowest BCUT2D eigenvalue weighted by molar-refractivity contribution is -0.117. The molecule has 5 aromatic rings. The van der Waals surface area contributed by atoms with E-state index in [0.717, 1.165) is 22.3 Å². The second kappa shape index (κ2) is 13.2. The Hall–Kier alpha value is -4.96. The molecule has 4 nitrogen and oxygen atoms in total. The molecular formula is C36H32N2O2. The lowest BCUT2D eigenvalue weighted by atomic mass is 9.88. The van der Waals surface area contributed by atoms with E-state index in [2.05, 4.69) is 59.2 Å². The van der Waals surface area contributed by atoms with Gasteiger partial charge in [0.25, 0.3) is 0 Å². The maximum Gasteiger partial charge on any atom is 0.225 e. The molecule has 0 radical (unpaired) electrons. The highest BCUT2D eigenvalue weighted by Crippen LogP contribution is 2.31. The van der Waals surface area contributed by atoms with Crippen LogP contribution < -0.4 is 10.6 Å². The first-order valence-electron chi connectivity index (χ1n) is 13.6. The summed E-state index contributed by atoms with van der Waals surface area (Å²) in [6.45, 7) is 0. The monoisotopic (exact) mass is 524 g/mol. The summed E-state index contributed by atoms with van der Waals surface area (Å²) in [5, 5.41) is 6.10. The molecule has 2 N–H and O–H groups in total. The van der Waals surface area contributed by atoms with Crippen molar-refractivity contribution in [2.75, 3.05) is 10.6 Å². The minimum Gasteiger partial charge on any atom is -0.324 e. The van der Waals surface area contributed by atoms with Gasteiger partial charge >= 0.3 is 0 Å². The van der Waals surface area contributed by atoms with Gasteiger partial charge in [-0.3, -0.25) is 9.59 Å². The standard InChI is InChI=1S/C36H32N2O2/c39-35(25-31(27-15-5-1-6-16-27)28-17-7-2-8-18-28)37-33-23-13-14-24-34(33)38-36(40)26-32(29-19-9-3-10-20-29)30-21-11-4-12-22-30/h1-24,31-32H,25-26H2,(H,37,39)(H,38,40). The van der Waals surface area contributed by atoms with Gasteiger partial charge in [-0.05, 0) is 34.4 Å². The number of nitrogens with one attached hydrogen (secondary N) is 2. The molecule has 4 heteroatoms. The van der Waals surface area contributed by atoms with Crippen LogP contribution in [-0.2, 0) is 9.59 Å². The van der Waals surface area contributed by atoms with Gasteiger partial charge in [-0.25, -0.2) is 0 Å². The Morgan fingerprint density at radius 2 is 0.650 bits per heavy atom. The molecule has 0 unspecified atom stereocenters. The predicted octanol–water partition coefficient (Wildman–Crippen LogP) is 8.01. The molecular weight excluding hydrogens is 492 g/mol. The van der Waals surface area contributed by atoms with Crippen LogP contribution in [0.25, 0.3) is 0 Å². The van der Waals surface area contributed by atoms with Gasteiger partial charge < -0.3 is 10.6 Å². The Morgan fingerprint density at radius 3 is 0.925 bits per heavy atom. The number of hydrogen-bond donors (Lipinski definition) is 2. The predicted molar refractivity (Wildman–Crippen MR) is 162 cm³/mol. The van der Waals surface area contributed by atoms with Crippen molar-refractivity contribution >= 4 is 23.2 Å². The van der Waals surface area contributed by atoms with E-state index in [1.165, 1.54) is 0 Å². The first-order chi connectivity index (χ1) is 19.7. The van der Waals surface area contributed by atoms with Crippen LogP contribution >= 0.6 is 0 Å². The van der Waals surface area contributed by atoms with Crippen molar-refractivity contribution in [2.45, 2.75) is 24.7 Å². The number of benzene rings is 5. The zero-order chi connectivity index (χ0) is 27.6. The fourth-order valence-electron chi connectivity index (χ4n) is 5.07. The van der Waals surface area contributed by atoms with Crippen LogP contribution in [0.2, 0.25) is 0 Å². The topological polar surface area (TPSA) is 58.2 Å². The Balaban J connectivity index is 1.31. The zero-order valence-corrected chi connectivity index (χ0v) is 22.2. The van der Waals surface area contributed by atoms with Crippen molar-refractivity contribution in [1.82, 2.24) is 0 Å². The highest BCUT2D eigenvalue weighted by Gasteiger charge is 2.21. The second-order valence-corrected chi connectivity index (χ2v) is 9.80. The van der Waals surface area contributed by atoms with Gasteiger partial charge in [0.1, 0.15) is 0 Å². The lowest BCUT2D eigenvalue weighted by Crippen LogP contribution is -2.20. The molecule has 0 bridgehead atoms. The summed E-state index contributed by atoms with van der Waals surface area (Å²) in [4.78, 5) is 26.7. The average molecular weight is 525 g/mol. The summed E-state index contributed by atoms with van der Waals surface area (Å²) < 4.78 is 0. The maximum absolute atomic E-state index is 13.3. The molecule has 0 aliphatic rings. The maximum atomic E-state index is 13.3. The number of carbonyl (C=O) groups is 2. The van der Waals surface area contributed by atoms with E-state index in [1.54, 1.807) is 0 Å². The fraction of sp³-hybridized carbons (Fsp3) is 0.111. The van der Waals surface area contributed by atoms with E-state index in [4.69, 9.17) is 0 Å². The van der Waals surface area contributed by atoms with Gasteiger partial charge in [0.2, 0.25) is 11.8 Å². The van der Waals surface area contributed by atoms with Gasteiger partial charge in [-0.2, -0.15) is 0 Å².